The Morgan fingerprint density at radius 3 is 2.70 bits per heavy atom. The minimum Gasteiger partial charge on any atom is -0.478 e. The SMILES string of the molecule is CCn1cc(NC(=O)Nc2cccc(C(=O)O)c2)cn1. The monoisotopic (exact) mass is 274 g/mol. The fraction of sp³-hybridized carbons (Fsp3) is 0.154. The number of hydrogen-bond acceptors (Lipinski definition) is 3. The van der Waals surface area contributed by atoms with Crippen LogP contribution >= 0.6 is 0 Å². The molecule has 0 unspecified atom stereocenters. The molecule has 0 saturated heterocycles. The topological polar surface area (TPSA) is 96.2 Å². The van der Waals surface area contributed by atoms with Crippen molar-refractivity contribution >= 4 is 23.4 Å². The molecule has 0 bridgehead atoms. The summed E-state index contributed by atoms with van der Waals surface area (Å²) in [6.45, 7) is 2.65. The first-order chi connectivity index (χ1) is 9.58. The van der Waals surface area contributed by atoms with Crippen LogP contribution in [0.2, 0.25) is 0 Å². The highest BCUT2D eigenvalue weighted by Gasteiger charge is 2.07. The molecule has 7 nitrogen and oxygen atoms in total. The number of aromatic nitrogens is 2. The van der Waals surface area contributed by atoms with Crippen molar-refractivity contribution in [2.24, 2.45) is 0 Å². The molecule has 1 aromatic carbocycles. The van der Waals surface area contributed by atoms with Gasteiger partial charge in [0.25, 0.3) is 0 Å². The van der Waals surface area contributed by atoms with Crippen LogP contribution in [0, 0.1) is 0 Å². The van der Waals surface area contributed by atoms with Crippen LogP contribution in [-0.2, 0) is 6.54 Å². The van der Waals surface area contributed by atoms with Gasteiger partial charge < -0.3 is 15.7 Å². The van der Waals surface area contributed by atoms with Gasteiger partial charge in [-0.25, -0.2) is 9.59 Å². The summed E-state index contributed by atoms with van der Waals surface area (Å²) >= 11 is 0. The van der Waals surface area contributed by atoms with Crippen molar-refractivity contribution in [1.29, 1.82) is 0 Å². The van der Waals surface area contributed by atoms with Gasteiger partial charge in [0.2, 0.25) is 0 Å². The predicted molar refractivity (Wildman–Crippen MR) is 73.9 cm³/mol. The van der Waals surface area contributed by atoms with Crippen molar-refractivity contribution in [3.63, 3.8) is 0 Å². The molecule has 3 N–H and O–H groups in total. The van der Waals surface area contributed by atoms with Gasteiger partial charge in [-0.1, -0.05) is 6.07 Å². The van der Waals surface area contributed by atoms with Gasteiger partial charge in [0.15, 0.2) is 0 Å². The molecule has 0 saturated carbocycles. The van der Waals surface area contributed by atoms with Crippen LogP contribution < -0.4 is 10.6 Å². The van der Waals surface area contributed by atoms with Gasteiger partial charge in [0, 0.05) is 18.4 Å². The number of aromatic carboxylic acids is 1. The zero-order chi connectivity index (χ0) is 14.5. The highest BCUT2D eigenvalue weighted by Crippen LogP contribution is 2.12. The zero-order valence-electron chi connectivity index (χ0n) is 10.8. The number of amides is 2. The van der Waals surface area contributed by atoms with E-state index in [9.17, 15) is 9.59 Å². The maximum atomic E-state index is 11.8. The number of carbonyl (C=O) groups excluding carboxylic acids is 1. The van der Waals surface area contributed by atoms with Crippen molar-refractivity contribution in [1.82, 2.24) is 9.78 Å². The third-order valence-corrected chi connectivity index (χ3v) is 2.58. The van der Waals surface area contributed by atoms with Crippen molar-refractivity contribution in [2.45, 2.75) is 13.5 Å². The number of carboxylic acid groups (broad SMARTS) is 1. The minimum atomic E-state index is -1.04. The lowest BCUT2D eigenvalue weighted by molar-refractivity contribution is 0.0697. The van der Waals surface area contributed by atoms with E-state index >= 15 is 0 Å². The van der Waals surface area contributed by atoms with Gasteiger partial charge in [0.05, 0.1) is 17.4 Å². The minimum absolute atomic E-state index is 0.113. The van der Waals surface area contributed by atoms with Crippen LogP contribution in [0.15, 0.2) is 36.7 Å². The molecule has 1 heterocycles. The van der Waals surface area contributed by atoms with Crippen molar-refractivity contribution in [3.8, 4) is 0 Å². The van der Waals surface area contributed by atoms with Crippen LogP contribution in [0.5, 0.6) is 0 Å². The number of carboxylic acids is 1. The van der Waals surface area contributed by atoms with E-state index in [0.717, 1.165) is 0 Å². The number of anilines is 2. The van der Waals surface area contributed by atoms with Crippen LogP contribution in [0.1, 0.15) is 17.3 Å². The highest BCUT2D eigenvalue weighted by molar-refractivity contribution is 6.00. The van der Waals surface area contributed by atoms with E-state index in [2.05, 4.69) is 15.7 Å². The standard InChI is InChI=1S/C13H14N4O3/c1-2-17-8-11(7-14-17)16-13(20)15-10-5-3-4-9(6-10)12(18)19/h3-8H,2H2,1H3,(H,18,19)(H2,15,16,20). The van der Waals surface area contributed by atoms with E-state index in [1.165, 1.54) is 18.3 Å². The molecule has 2 amide bonds. The summed E-state index contributed by atoms with van der Waals surface area (Å²) in [5.74, 6) is -1.04. The normalized spacial score (nSPS) is 10.1. The Morgan fingerprint density at radius 2 is 2.05 bits per heavy atom. The first kappa shape index (κ1) is 13.6. The summed E-state index contributed by atoms with van der Waals surface area (Å²) in [6.07, 6.45) is 3.24. The van der Waals surface area contributed by atoms with E-state index < -0.39 is 12.0 Å². The Kier molecular flexibility index (Phi) is 3.99. The van der Waals surface area contributed by atoms with Gasteiger partial charge in [-0.2, -0.15) is 5.10 Å². The molecule has 2 rings (SSSR count). The summed E-state index contributed by atoms with van der Waals surface area (Å²) in [6, 6.07) is 5.56. The maximum Gasteiger partial charge on any atom is 0.335 e. The second kappa shape index (κ2) is 5.87. The molecule has 20 heavy (non-hydrogen) atoms. The second-order valence-corrected chi connectivity index (χ2v) is 4.05. The summed E-state index contributed by atoms with van der Waals surface area (Å²) in [7, 11) is 0. The molecule has 0 fully saturated rings. The van der Waals surface area contributed by atoms with Crippen molar-refractivity contribution in [3.05, 3.63) is 42.2 Å². The number of urea groups is 1. The van der Waals surface area contributed by atoms with Crippen LogP contribution in [0.25, 0.3) is 0 Å². The molecule has 0 aliphatic rings. The van der Waals surface area contributed by atoms with Gasteiger partial charge in [0.1, 0.15) is 0 Å². The predicted octanol–water partition coefficient (Wildman–Crippen LogP) is 2.25. The van der Waals surface area contributed by atoms with Gasteiger partial charge >= 0.3 is 12.0 Å². The quantitative estimate of drug-likeness (QED) is 0.796. The molecule has 7 heteroatoms. The Labute approximate surface area is 115 Å². The number of nitrogens with zero attached hydrogens (tertiary/aromatic N) is 2. The number of hydrogen-bond donors (Lipinski definition) is 3. The van der Waals surface area contributed by atoms with E-state index in [4.69, 9.17) is 5.11 Å². The van der Waals surface area contributed by atoms with E-state index in [1.807, 2.05) is 6.92 Å². The Bertz CT molecular complexity index is 636. The third-order valence-electron chi connectivity index (χ3n) is 2.58. The summed E-state index contributed by atoms with van der Waals surface area (Å²) in [4.78, 5) is 22.6. The molecule has 0 spiro atoms. The third kappa shape index (κ3) is 3.35. The average Bonchev–Trinajstić information content (AvgIpc) is 2.86. The van der Waals surface area contributed by atoms with E-state index in [0.29, 0.717) is 17.9 Å². The van der Waals surface area contributed by atoms with Crippen LogP contribution in [-0.4, -0.2) is 26.9 Å². The number of benzene rings is 1. The fourth-order valence-corrected chi connectivity index (χ4v) is 1.62. The number of aryl methyl sites for hydroxylation is 1. The van der Waals surface area contributed by atoms with Crippen molar-refractivity contribution < 1.29 is 14.7 Å². The Hall–Kier alpha value is -2.83. The lowest BCUT2D eigenvalue weighted by atomic mass is 10.2. The highest BCUT2D eigenvalue weighted by atomic mass is 16.4. The van der Waals surface area contributed by atoms with Gasteiger partial charge in [-0.05, 0) is 25.1 Å². The molecule has 0 aliphatic carbocycles. The molecule has 104 valence electrons. The molecular formula is C13H14N4O3. The largest absolute Gasteiger partial charge is 0.478 e. The zero-order valence-corrected chi connectivity index (χ0v) is 10.8. The van der Waals surface area contributed by atoms with Crippen molar-refractivity contribution in [2.75, 3.05) is 10.6 Å². The summed E-state index contributed by atoms with van der Waals surface area (Å²) in [5, 5.41) is 18.1. The Balaban J connectivity index is 2.00. The first-order valence-electron chi connectivity index (χ1n) is 6.02. The van der Waals surface area contributed by atoms with E-state index in [-0.39, 0.29) is 5.56 Å². The maximum absolute atomic E-state index is 11.8. The average molecular weight is 274 g/mol. The summed E-state index contributed by atoms with van der Waals surface area (Å²) in [5.41, 5.74) is 1.09. The second-order valence-electron chi connectivity index (χ2n) is 4.05. The molecule has 0 aliphatic heterocycles. The smallest absolute Gasteiger partial charge is 0.335 e. The number of rotatable bonds is 4. The molecule has 0 radical (unpaired) electrons. The number of carbonyl (C=O) groups is 2. The molecule has 1 aromatic heterocycles. The fourth-order valence-electron chi connectivity index (χ4n) is 1.62. The van der Waals surface area contributed by atoms with Crippen LogP contribution in [0.4, 0.5) is 16.2 Å². The van der Waals surface area contributed by atoms with Gasteiger partial charge in [-0.15, -0.1) is 0 Å². The van der Waals surface area contributed by atoms with Crippen LogP contribution in [0.3, 0.4) is 0 Å². The molecular weight excluding hydrogens is 260 g/mol. The summed E-state index contributed by atoms with van der Waals surface area (Å²) < 4.78 is 1.68. The van der Waals surface area contributed by atoms with E-state index in [1.54, 1.807) is 23.0 Å². The first-order valence-corrected chi connectivity index (χ1v) is 6.02. The lowest BCUT2D eigenvalue weighted by Gasteiger charge is -2.06. The number of nitrogens with one attached hydrogen (secondary N) is 2. The molecule has 0 atom stereocenters. The van der Waals surface area contributed by atoms with Gasteiger partial charge in [-0.3, -0.25) is 4.68 Å². The molecule has 2 aromatic rings. The lowest BCUT2D eigenvalue weighted by Crippen LogP contribution is -2.19. The Morgan fingerprint density at radius 1 is 1.30 bits per heavy atom.